The minimum absolute atomic E-state index is 0.0716. The van der Waals surface area contributed by atoms with Gasteiger partial charge in [0.1, 0.15) is 12.7 Å². The highest BCUT2D eigenvalue weighted by Crippen LogP contribution is 2.43. The third-order valence-electron chi connectivity index (χ3n) is 11.4. The molecule has 0 rings (SSSR count). The highest BCUT2D eigenvalue weighted by atomic mass is 31.2. The maximum absolute atomic E-state index is 12.9. The van der Waals surface area contributed by atoms with Crippen molar-refractivity contribution in [2.75, 3.05) is 26.4 Å². The number of aliphatic hydroxyl groups excluding tert-OH is 1. The van der Waals surface area contributed by atoms with Crippen molar-refractivity contribution >= 4 is 25.7 Å². The predicted molar refractivity (Wildman–Crippen MR) is 306 cm³/mol. The number of esters is 3. The first-order valence-electron chi connectivity index (χ1n) is 28.4. The van der Waals surface area contributed by atoms with E-state index < -0.39 is 64.4 Å². The molecular formula is C62H101O11P. The molecule has 0 aromatic carbocycles. The summed E-state index contributed by atoms with van der Waals surface area (Å²) >= 11 is 0. The van der Waals surface area contributed by atoms with Crippen LogP contribution in [0.2, 0.25) is 0 Å². The van der Waals surface area contributed by atoms with Crippen molar-refractivity contribution in [1.82, 2.24) is 0 Å². The lowest BCUT2D eigenvalue weighted by atomic mass is 10.0. The Balaban J connectivity index is 4.91. The predicted octanol–water partition coefficient (Wildman–Crippen LogP) is 16.8. The van der Waals surface area contributed by atoms with Crippen LogP contribution in [-0.4, -0.2) is 66.5 Å². The number of unbranched alkanes of at least 4 members (excludes halogenated alkanes) is 14. The molecule has 11 nitrogen and oxygen atoms in total. The van der Waals surface area contributed by atoms with Gasteiger partial charge in [0.25, 0.3) is 0 Å². The first-order chi connectivity index (χ1) is 36.2. The minimum Gasteiger partial charge on any atom is -0.462 e. The van der Waals surface area contributed by atoms with Gasteiger partial charge in [0.2, 0.25) is 0 Å². The van der Waals surface area contributed by atoms with Crippen LogP contribution in [0.1, 0.15) is 213 Å². The van der Waals surface area contributed by atoms with Gasteiger partial charge in [-0.3, -0.25) is 23.4 Å². The molecule has 0 aromatic heterocycles. The molecule has 0 saturated carbocycles. The van der Waals surface area contributed by atoms with Crippen molar-refractivity contribution in [2.45, 2.75) is 226 Å². The number of rotatable bonds is 51. The number of ether oxygens (including phenoxy) is 3. The van der Waals surface area contributed by atoms with E-state index in [1.165, 1.54) is 57.8 Å². The standard InChI is InChI=1S/C62H101O11P/c1-4-7-10-13-16-19-22-25-27-29-31-34-36-39-42-45-48-51-60(64)69-55-59(73-62(66)53-50-47-44-41-38-35-32-30-28-26-23-20-17-14-11-8-5-2)57-71-74(67,68)70-56-58(54-63)72-61(65)52-49-46-43-40-37-33-24-21-18-15-12-9-6-3/h7-8,10-11,16-17,19-20,25-28,31-32,34-35,39,41-42,44,58-59,63H,4-6,9,12-15,18,21-24,29-30,33,36-38,40,43,45-57H2,1-3H3,(H,67,68)/b10-7-,11-8-,19-16-,20-17-,27-25-,28-26-,34-31-,35-32-,42-39-,44-41-. The third-order valence-corrected chi connectivity index (χ3v) is 12.3. The zero-order chi connectivity index (χ0) is 54.1. The number of hydrogen-bond acceptors (Lipinski definition) is 10. The van der Waals surface area contributed by atoms with Gasteiger partial charge < -0.3 is 24.2 Å². The smallest absolute Gasteiger partial charge is 0.462 e. The summed E-state index contributed by atoms with van der Waals surface area (Å²) in [6, 6.07) is 0. The van der Waals surface area contributed by atoms with Gasteiger partial charge in [-0.05, 0) is 96.3 Å². The first kappa shape index (κ1) is 69.9. The molecule has 0 radical (unpaired) electrons. The van der Waals surface area contributed by atoms with Gasteiger partial charge in [-0.15, -0.1) is 0 Å². The molecule has 2 N–H and O–H groups in total. The first-order valence-corrected chi connectivity index (χ1v) is 29.9. The van der Waals surface area contributed by atoms with E-state index in [0.29, 0.717) is 32.1 Å². The Labute approximate surface area is 449 Å². The molecule has 0 saturated heterocycles. The highest BCUT2D eigenvalue weighted by Gasteiger charge is 2.28. The second-order valence-corrected chi connectivity index (χ2v) is 19.8. The number of phosphoric acid groups is 1. The minimum atomic E-state index is -4.78. The summed E-state index contributed by atoms with van der Waals surface area (Å²) in [4.78, 5) is 48.5. The fourth-order valence-corrected chi connectivity index (χ4v) is 7.92. The van der Waals surface area contributed by atoms with Gasteiger partial charge in [-0.2, -0.15) is 0 Å². The molecule has 3 atom stereocenters. The van der Waals surface area contributed by atoms with E-state index in [2.05, 4.69) is 124 Å². The van der Waals surface area contributed by atoms with Crippen LogP contribution in [0.3, 0.4) is 0 Å². The fourth-order valence-electron chi connectivity index (χ4n) is 7.13. The van der Waals surface area contributed by atoms with Crippen LogP contribution in [0.15, 0.2) is 122 Å². The topological polar surface area (TPSA) is 155 Å². The normalized spacial score (nSPS) is 14.3. The summed E-state index contributed by atoms with van der Waals surface area (Å²) in [5.74, 6) is -1.62. The molecule has 420 valence electrons. The van der Waals surface area contributed by atoms with Crippen LogP contribution in [0.5, 0.6) is 0 Å². The molecule has 0 bridgehead atoms. The van der Waals surface area contributed by atoms with Gasteiger partial charge in [0.15, 0.2) is 6.10 Å². The number of phosphoric ester groups is 1. The zero-order valence-electron chi connectivity index (χ0n) is 46.3. The van der Waals surface area contributed by atoms with Crippen molar-refractivity contribution in [1.29, 1.82) is 0 Å². The molecule has 74 heavy (non-hydrogen) atoms. The van der Waals surface area contributed by atoms with Crippen LogP contribution in [0, 0.1) is 0 Å². The summed E-state index contributed by atoms with van der Waals surface area (Å²) in [6.45, 7) is 4.27. The van der Waals surface area contributed by atoms with Gasteiger partial charge in [0, 0.05) is 19.3 Å². The highest BCUT2D eigenvalue weighted by molar-refractivity contribution is 7.47. The molecule has 0 aliphatic heterocycles. The summed E-state index contributed by atoms with van der Waals surface area (Å²) in [5.41, 5.74) is 0. The van der Waals surface area contributed by atoms with Crippen LogP contribution in [0.4, 0.5) is 0 Å². The van der Waals surface area contributed by atoms with Crippen molar-refractivity contribution in [3.8, 4) is 0 Å². The lowest BCUT2D eigenvalue weighted by Gasteiger charge is -2.21. The van der Waals surface area contributed by atoms with Crippen LogP contribution in [0.25, 0.3) is 0 Å². The van der Waals surface area contributed by atoms with E-state index in [0.717, 1.165) is 83.5 Å². The molecule has 0 amide bonds. The molecule has 0 heterocycles. The number of allylic oxidation sites excluding steroid dienone is 20. The molecule has 0 fully saturated rings. The Morgan fingerprint density at radius 3 is 1.08 bits per heavy atom. The van der Waals surface area contributed by atoms with E-state index in [-0.39, 0.29) is 19.3 Å². The molecule has 0 aliphatic rings. The molecule has 0 aromatic rings. The molecule has 0 aliphatic carbocycles. The monoisotopic (exact) mass is 1050 g/mol. The Morgan fingerprint density at radius 1 is 0.392 bits per heavy atom. The van der Waals surface area contributed by atoms with Crippen LogP contribution < -0.4 is 0 Å². The van der Waals surface area contributed by atoms with Gasteiger partial charge in [0.05, 0.1) is 19.8 Å². The van der Waals surface area contributed by atoms with Crippen LogP contribution >= 0.6 is 7.82 Å². The molecule has 12 heteroatoms. The van der Waals surface area contributed by atoms with Crippen LogP contribution in [-0.2, 0) is 42.2 Å². The molecular weight excluding hydrogens is 952 g/mol. The largest absolute Gasteiger partial charge is 0.472 e. The maximum Gasteiger partial charge on any atom is 0.472 e. The second-order valence-electron chi connectivity index (χ2n) is 18.3. The van der Waals surface area contributed by atoms with E-state index in [4.69, 9.17) is 23.3 Å². The van der Waals surface area contributed by atoms with E-state index in [9.17, 15) is 28.9 Å². The van der Waals surface area contributed by atoms with E-state index >= 15 is 0 Å². The number of carbonyl (C=O) groups excluding carboxylic acids is 3. The Morgan fingerprint density at radius 2 is 0.703 bits per heavy atom. The number of hydrogen-bond donors (Lipinski definition) is 2. The molecule has 0 spiro atoms. The average molecular weight is 1050 g/mol. The van der Waals surface area contributed by atoms with E-state index in [1.807, 2.05) is 18.2 Å². The SMILES string of the molecule is CC/C=C\C/C=C\C/C=C\C/C=C\C/C=C\CCCC(=O)OCC(COP(=O)(O)OCC(CO)OC(=O)CCCCCCCCCCCCCCC)OC(=O)CCC/C=C\C/C=C\C/C=C\C/C=C\C/C=C\CC. The van der Waals surface area contributed by atoms with Crippen molar-refractivity contribution in [3.05, 3.63) is 122 Å². The quantitative estimate of drug-likeness (QED) is 0.0197. The Hall–Kier alpha value is -4.12. The van der Waals surface area contributed by atoms with Gasteiger partial charge >= 0.3 is 25.7 Å². The third kappa shape index (κ3) is 52.7. The lowest BCUT2D eigenvalue weighted by molar-refractivity contribution is -0.161. The Bertz CT molecular complexity index is 1700. The van der Waals surface area contributed by atoms with Gasteiger partial charge in [-0.25, -0.2) is 4.57 Å². The van der Waals surface area contributed by atoms with Gasteiger partial charge in [-0.1, -0.05) is 219 Å². The summed E-state index contributed by atoms with van der Waals surface area (Å²) in [5, 5.41) is 9.80. The summed E-state index contributed by atoms with van der Waals surface area (Å²) in [6.07, 6.45) is 67.4. The second kappa shape index (κ2) is 55.1. The van der Waals surface area contributed by atoms with Crippen molar-refractivity contribution in [2.24, 2.45) is 0 Å². The van der Waals surface area contributed by atoms with Crippen molar-refractivity contribution in [3.63, 3.8) is 0 Å². The zero-order valence-corrected chi connectivity index (χ0v) is 47.2. The lowest BCUT2D eigenvalue weighted by Crippen LogP contribution is -2.30. The Kier molecular flexibility index (Phi) is 52.1. The summed E-state index contributed by atoms with van der Waals surface area (Å²) < 4.78 is 39.4. The molecule has 3 unspecified atom stereocenters. The fraction of sp³-hybridized carbons (Fsp3) is 0.629. The number of carbonyl (C=O) groups is 3. The number of aliphatic hydroxyl groups is 1. The van der Waals surface area contributed by atoms with E-state index in [1.54, 1.807) is 0 Å². The average Bonchev–Trinajstić information content (AvgIpc) is 3.39. The maximum atomic E-state index is 12.9. The summed E-state index contributed by atoms with van der Waals surface area (Å²) in [7, 11) is -4.78. The van der Waals surface area contributed by atoms with Crippen molar-refractivity contribution < 1.29 is 52.2 Å².